The van der Waals surface area contributed by atoms with Crippen LogP contribution in [0.5, 0.6) is 0 Å². The van der Waals surface area contributed by atoms with Crippen LogP contribution in [-0.4, -0.2) is 4.98 Å². The van der Waals surface area contributed by atoms with Crippen molar-refractivity contribution in [2.24, 2.45) is 5.73 Å². The van der Waals surface area contributed by atoms with Crippen LogP contribution in [0.1, 0.15) is 24.2 Å². The summed E-state index contributed by atoms with van der Waals surface area (Å²) in [5.74, 6) is 0. The Morgan fingerprint density at radius 3 is 2.43 bits per heavy atom. The van der Waals surface area contributed by atoms with Gasteiger partial charge in [0.2, 0.25) is 0 Å². The molecular weight excluding hydrogens is 217 g/mol. The lowest BCUT2D eigenvalue weighted by molar-refractivity contribution is -0.138. The number of hydrogen-bond acceptors (Lipinski definition) is 2. The number of nitrogens with two attached hydrogens (primary N) is 1. The number of rotatable bonds is 1. The van der Waals surface area contributed by atoms with E-state index in [1.165, 1.54) is 6.92 Å². The Morgan fingerprint density at radius 2 is 2.00 bits per heavy atom. The molecule has 0 unspecified atom stereocenters. The lowest BCUT2D eigenvalue weighted by atomic mass is 10.1. The average Bonchev–Trinajstić information content (AvgIpc) is 2.01. The van der Waals surface area contributed by atoms with E-state index in [1.807, 2.05) is 0 Å². The first-order valence-corrected chi connectivity index (χ1v) is 4.19. The van der Waals surface area contributed by atoms with Gasteiger partial charge < -0.3 is 5.73 Å². The van der Waals surface area contributed by atoms with Gasteiger partial charge in [-0.25, -0.2) is 4.98 Å². The highest BCUT2D eigenvalue weighted by molar-refractivity contribution is 6.29. The molecule has 1 atom stereocenters. The SMILES string of the molecule is C[C@@H](N)c1nc(Cl)ccc1C(F)(F)F. The summed E-state index contributed by atoms with van der Waals surface area (Å²) in [5.41, 5.74) is 4.29. The van der Waals surface area contributed by atoms with Crippen LogP contribution in [0.25, 0.3) is 0 Å². The fraction of sp³-hybridized carbons (Fsp3) is 0.375. The van der Waals surface area contributed by atoms with Gasteiger partial charge in [-0.3, -0.25) is 0 Å². The number of halogens is 4. The molecule has 0 fully saturated rings. The maximum atomic E-state index is 12.4. The molecule has 0 aromatic carbocycles. The highest BCUT2D eigenvalue weighted by Crippen LogP contribution is 2.33. The summed E-state index contributed by atoms with van der Waals surface area (Å²) in [6, 6.07) is 1.18. The molecule has 2 nitrogen and oxygen atoms in total. The number of alkyl halides is 3. The van der Waals surface area contributed by atoms with E-state index in [-0.39, 0.29) is 10.8 Å². The Hall–Kier alpha value is -0.810. The smallest absolute Gasteiger partial charge is 0.323 e. The standard InChI is InChI=1S/C8H8ClF3N2/c1-4(13)7-5(8(10,11)12)2-3-6(9)14-7/h2-4H,13H2,1H3/t4-/m1/s1. The zero-order chi connectivity index (χ0) is 10.9. The summed E-state index contributed by atoms with van der Waals surface area (Å²) in [6.07, 6.45) is -4.44. The monoisotopic (exact) mass is 224 g/mol. The van der Waals surface area contributed by atoms with E-state index in [2.05, 4.69) is 4.98 Å². The van der Waals surface area contributed by atoms with Crippen molar-refractivity contribution in [3.63, 3.8) is 0 Å². The summed E-state index contributed by atoms with van der Waals surface area (Å²) in [6.45, 7) is 1.42. The molecule has 2 N–H and O–H groups in total. The topological polar surface area (TPSA) is 38.9 Å². The Morgan fingerprint density at radius 1 is 1.43 bits per heavy atom. The minimum Gasteiger partial charge on any atom is -0.323 e. The zero-order valence-corrected chi connectivity index (χ0v) is 8.02. The lowest BCUT2D eigenvalue weighted by Gasteiger charge is -2.14. The molecular formula is C8H8ClF3N2. The van der Waals surface area contributed by atoms with Crippen LogP contribution in [0.15, 0.2) is 12.1 Å². The first-order valence-electron chi connectivity index (χ1n) is 3.81. The third kappa shape index (κ3) is 2.36. The van der Waals surface area contributed by atoms with E-state index in [4.69, 9.17) is 17.3 Å². The summed E-state index contributed by atoms with van der Waals surface area (Å²) >= 11 is 5.48. The molecule has 0 amide bonds. The molecule has 78 valence electrons. The van der Waals surface area contributed by atoms with E-state index in [0.29, 0.717) is 0 Å². The number of hydrogen-bond donors (Lipinski definition) is 1. The Kier molecular flexibility index (Phi) is 3.01. The minimum atomic E-state index is -4.44. The van der Waals surface area contributed by atoms with Gasteiger partial charge in [0.1, 0.15) is 5.15 Å². The second-order valence-electron chi connectivity index (χ2n) is 2.85. The molecule has 1 aromatic heterocycles. The zero-order valence-electron chi connectivity index (χ0n) is 7.27. The van der Waals surface area contributed by atoms with Crippen LogP contribution in [0.4, 0.5) is 13.2 Å². The van der Waals surface area contributed by atoms with Crippen molar-refractivity contribution in [1.29, 1.82) is 0 Å². The second-order valence-corrected chi connectivity index (χ2v) is 3.24. The van der Waals surface area contributed by atoms with Crippen molar-refractivity contribution in [3.8, 4) is 0 Å². The molecule has 6 heteroatoms. The summed E-state index contributed by atoms with van der Waals surface area (Å²) in [4.78, 5) is 3.56. The predicted octanol–water partition coefficient (Wildman–Crippen LogP) is 2.77. The molecule has 1 heterocycles. The van der Waals surface area contributed by atoms with Crippen molar-refractivity contribution in [3.05, 3.63) is 28.5 Å². The molecule has 0 bridgehead atoms. The number of nitrogens with zero attached hydrogens (tertiary/aromatic N) is 1. The minimum absolute atomic E-state index is 0.00491. The molecule has 0 aliphatic carbocycles. The quantitative estimate of drug-likeness (QED) is 0.745. The molecule has 0 aliphatic rings. The summed E-state index contributed by atoms with van der Waals surface area (Å²) in [5, 5.41) is 0.00491. The highest BCUT2D eigenvalue weighted by Gasteiger charge is 2.34. The first kappa shape index (κ1) is 11.3. The van der Waals surface area contributed by atoms with E-state index < -0.39 is 17.8 Å². The molecule has 0 saturated heterocycles. The second kappa shape index (κ2) is 3.74. The van der Waals surface area contributed by atoms with Crippen LogP contribution in [0.3, 0.4) is 0 Å². The average molecular weight is 225 g/mol. The van der Waals surface area contributed by atoms with Gasteiger partial charge in [-0.1, -0.05) is 11.6 Å². The molecule has 0 radical (unpaired) electrons. The van der Waals surface area contributed by atoms with Gasteiger partial charge in [0.15, 0.2) is 0 Å². The van der Waals surface area contributed by atoms with E-state index >= 15 is 0 Å². The molecule has 0 saturated carbocycles. The Labute approximate surface area is 83.9 Å². The van der Waals surface area contributed by atoms with Crippen molar-refractivity contribution in [1.82, 2.24) is 4.98 Å². The van der Waals surface area contributed by atoms with E-state index in [0.717, 1.165) is 12.1 Å². The number of aromatic nitrogens is 1. The van der Waals surface area contributed by atoms with Crippen molar-refractivity contribution in [2.75, 3.05) is 0 Å². The normalized spacial score (nSPS) is 14.1. The van der Waals surface area contributed by atoms with E-state index in [1.54, 1.807) is 0 Å². The molecule has 0 aliphatic heterocycles. The lowest BCUT2D eigenvalue weighted by Crippen LogP contribution is -2.17. The highest BCUT2D eigenvalue weighted by atomic mass is 35.5. The van der Waals surface area contributed by atoms with E-state index in [9.17, 15) is 13.2 Å². The van der Waals surface area contributed by atoms with Crippen molar-refractivity contribution in [2.45, 2.75) is 19.1 Å². The summed E-state index contributed by atoms with van der Waals surface area (Å²) in [7, 11) is 0. The molecule has 1 aromatic rings. The first-order chi connectivity index (χ1) is 6.32. The van der Waals surface area contributed by atoms with Crippen LogP contribution in [0, 0.1) is 0 Å². The largest absolute Gasteiger partial charge is 0.418 e. The van der Waals surface area contributed by atoms with Gasteiger partial charge in [0.25, 0.3) is 0 Å². The fourth-order valence-corrected chi connectivity index (χ4v) is 1.19. The van der Waals surface area contributed by atoms with Gasteiger partial charge in [-0.15, -0.1) is 0 Å². The number of pyridine rings is 1. The maximum Gasteiger partial charge on any atom is 0.418 e. The van der Waals surface area contributed by atoms with Gasteiger partial charge in [0, 0.05) is 6.04 Å². The van der Waals surface area contributed by atoms with Crippen molar-refractivity contribution < 1.29 is 13.2 Å². The van der Waals surface area contributed by atoms with Crippen LogP contribution in [-0.2, 0) is 6.18 Å². The van der Waals surface area contributed by atoms with Crippen LogP contribution in [0.2, 0.25) is 5.15 Å². The predicted molar refractivity (Wildman–Crippen MR) is 46.9 cm³/mol. The fourth-order valence-electron chi connectivity index (χ4n) is 1.04. The van der Waals surface area contributed by atoms with Crippen LogP contribution >= 0.6 is 11.6 Å². The van der Waals surface area contributed by atoms with Gasteiger partial charge in [0.05, 0.1) is 11.3 Å². The Bertz CT molecular complexity index is 336. The Balaban J connectivity index is 3.29. The maximum absolute atomic E-state index is 12.4. The summed E-state index contributed by atoms with van der Waals surface area (Å²) < 4.78 is 37.2. The van der Waals surface area contributed by atoms with Gasteiger partial charge in [-0.2, -0.15) is 13.2 Å². The molecule has 1 rings (SSSR count). The molecule has 0 spiro atoms. The molecule has 14 heavy (non-hydrogen) atoms. The third-order valence-electron chi connectivity index (χ3n) is 1.63. The van der Waals surface area contributed by atoms with Gasteiger partial charge >= 0.3 is 6.18 Å². The van der Waals surface area contributed by atoms with Gasteiger partial charge in [-0.05, 0) is 19.1 Å². The third-order valence-corrected chi connectivity index (χ3v) is 1.84. The van der Waals surface area contributed by atoms with Crippen LogP contribution < -0.4 is 5.73 Å². The van der Waals surface area contributed by atoms with Crippen molar-refractivity contribution >= 4 is 11.6 Å².